The first kappa shape index (κ1) is 16.8. The fraction of sp³-hybridized carbons (Fsp3) is 0.167. The van der Waals surface area contributed by atoms with Gasteiger partial charge in [0.15, 0.2) is 5.82 Å². The van der Waals surface area contributed by atoms with E-state index in [1.54, 1.807) is 12.1 Å². The molecule has 0 saturated carbocycles. The Balaban J connectivity index is 2.07. The van der Waals surface area contributed by atoms with Gasteiger partial charge in [-0.15, -0.1) is 5.10 Å². The number of hydrogen-bond donors (Lipinski definition) is 2. The molecule has 7 heteroatoms. The minimum absolute atomic E-state index is 0.0200. The number of nitrogens with zero attached hydrogens (tertiary/aromatic N) is 3. The molecule has 0 saturated heterocycles. The predicted octanol–water partition coefficient (Wildman–Crippen LogP) is 2.10. The van der Waals surface area contributed by atoms with E-state index in [1.807, 2.05) is 31.2 Å². The summed E-state index contributed by atoms with van der Waals surface area (Å²) in [5, 5.41) is 15.6. The first-order valence-corrected chi connectivity index (χ1v) is 7.77. The number of rotatable bonds is 5. The lowest BCUT2D eigenvalue weighted by molar-refractivity contribution is 0.0934. The molecule has 25 heavy (non-hydrogen) atoms. The van der Waals surface area contributed by atoms with Crippen molar-refractivity contribution in [2.24, 2.45) is 0 Å². The van der Waals surface area contributed by atoms with E-state index in [4.69, 9.17) is 5.11 Å². The van der Waals surface area contributed by atoms with Crippen LogP contribution < -0.4 is 5.32 Å². The zero-order valence-electron chi connectivity index (χ0n) is 13.6. The normalized spacial score (nSPS) is 10.7. The quantitative estimate of drug-likeness (QED) is 0.745. The number of benzene rings is 2. The molecule has 0 unspecified atom stereocenters. The number of nitrogens with one attached hydrogen (secondary N) is 1. The summed E-state index contributed by atoms with van der Waals surface area (Å²) in [6, 6.07) is 13.4. The Bertz CT molecular complexity index is 810. The van der Waals surface area contributed by atoms with Crippen molar-refractivity contribution in [3.05, 3.63) is 65.7 Å². The minimum Gasteiger partial charge on any atom is -0.395 e. The van der Waals surface area contributed by atoms with Gasteiger partial charge in [-0.1, -0.05) is 29.8 Å². The van der Waals surface area contributed by atoms with E-state index < -0.39 is 5.91 Å². The average molecular weight is 340 g/mol. The van der Waals surface area contributed by atoms with Crippen LogP contribution in [0.25, 0.3) is 17.1 Å². The molecule has 0 fully saturated rings. The number of aliphatic hydroxyl groups excluding tert-OH is 1. The summed E-state index contributed by atoms with van der Waals surface area (Å²) < 4.78 is 14.7. The smallest absolute Gasteiger partial charge is 0.291 e. The Morgan fingerprint density at radius 1 is 1.16 bits per heavy atom. The summed E-state index contributed by atoms with van der Waals surface area (Å²) in [6.45, 7) is 1.92. The molecule has 0 radical (unpaired) electrons. The van der Waals surface area contributed by atoms with Gasteiger partial charge in [-0.25, -0.2) is 14.1 Å². The van der Waals surface area contributed by atoms with Crippen molar-refractivity contribution >= 4 is 5.91 Å². The number of aromatic nitrogens is 3. The molecule has 2 N–H and O–H groups in total. The Morgan fingerprint density at radius 3 is 2.48 bits per heavy atom. The van der Waals surface area contributed by atoms with E-state index in [-0.39, 0.29) is 24.8 Å². The highest BCUT2D eigenvalue weighted by Gasteiger charge is 2.18. The number of halogens is 1. The van der Waals surface area contributed by atoms with Crippen LogP contribution in [0.15, 0.2) is 48.5 Å². The Kier molecular flexibility index (Phi) is 4.85. The summed E-state index contributed by atoms with van der Waals surface area (Å²) in [5.74, 6) is -0.390. The zero-order chi connectivity index (χ0) is 17.8. The topological polar surface area (TPSA) is 80.0 Å². The summed E-state index contributed by atoms with van der Waals surface area (Å²) >= 11 is 0. The summed E-state index contributed by atoms with van der Waals surface area (Å²) in [7, 11) is 0. The van der Waals surface area contributed by atoms with Crippen molar-refractivity contribution in [1.29, 1.82) is 0 Å². The highest BCUT2D eigenvalue weighted by atomic mass is 19.1. The highest BCUT2D eigenvalue weighted by Crippen LogP contribution is 2.22. The van der Waals surface area contributed by atoms with Gasteiger partial charge in [0.2, 0.25) is 5.82 Å². The molecule has 3 rings (SSSR count). The van der Waals surface area contributed by atoms with Crippen molar-refractivity contribution in [2.75, 3.05) is 13.2 Å². The summed E-state index contributed by atoms with van der Waals surface area (Å²) in [5.41, 5.74) is 2.46. The molecule has 3 aromatic rings. The predicted molar refractivity (Wildman–Crippen MR) is 90.9 cm³/mol. The van der Waals surface area contributed by atoms with Crippen molar-refractivity contribution < 1.29 is 14.3 Å². The van der Waals surface area contributed by atoms with E-state index in [1.165, 1.54) is 16.8 Å². The van der Waals surface area contributed by atoms with E-state index in [9.17, 15) is 9.18 Å². The second kappa shape index (κ2) is 7.23. The number of amides is 1. The Hall–Kier alpha value is -3.06. The van der Waals surface area contributed by atoms with Gasteiger partial charge in [-0.2, -0.15) is 0 Å². The van der Waals surface area contributed by atoms with Crippen LogP contribution in [0.1, 0.15) is 16.2 Å². The maximum Gasteiger partial charge on any atom is 0.291 e. The zero-order valence-corrected chi connectivity index (χ0v) is 13.6. The number of aliphatic hydroxyl groups is 1. The maximum atomic E-state index is 13.2. The molecule has 128 valence electrons. The molecule has 1 aromatic heterocycles. The van der Waals surface area contributed by atoms with E-state index >= 15 is 0 Å². The van der Waals surface area contributed by atoms with Crippen molar-refractivity contribution in [3.8, 4) is 17.1 Å². The van der Waals surface area contributed by atoms with Crippen LogP contribution in [0.2, 0.25) is 0 Å². The lowest BCUT2D eigenvalue weighted by atomic mass is 10.1. The van der Waals surface area contributed by atoms with Gasteiger partial charge in [-0.3, -0.25) is 4.79 Å². The monoisotopic (exact) mass is 340 g/mol. The van der Waals surface area contributed by atoms with Gasteiger partial charge in [-0.05, 0) is 31.2 Å². The Labute approximate surface area is 144 Å². The van der Waals surface area contributed by atoms with Crippen LogP contribution in [0.4, 0.5) is 4.39 Å². The second-order valence-corrected chi connectivity index (χ2v) is 5.49. The minimum atomic E-state index is -0.483. The standard InChI is InChI=1S/C18H17FN4O2/c1-12-2-4-13(5-3-12)17-21-16(18(25)20-10-11-24)22-23(17)15-8-6-14(19)7-9-15/h2-9,24H,10-11H2,1H3,(H,20,25). The number of hydrogen-bond acceptors (Lipinski definition) is 4. The van der Waals surface area contributed by atoms with Gasteiger partial charge < -0.3 is 10.4 Å². The molecule has 1 heterocycles. The van der Waals surface area contributed by atoms with E-state index in [2.05, 4.69) is 15.4 Å². The van der Waals surface area contributed by atoms with Gasteiger partial charge >= 0.3 is 0 Å². The lowest BCUT2D eigenvalue weighted by Gasteiger charge is -2.06. The molecule has 2 aromatic carbocycles. The molecule has 0 bridgehead atoms. The lowest BCUT2D eigenvalue weighted by Crippen LogP contribution is -2.27. The van der Waals surface area contributed by atoms with Gasteiger partial charge in [0.1, 0.15) is 5.82 Å². The third kappa shape index (κ3) is 3.72. The van der Waals surface area contributed by atoms with E-state index in [0.29, 0.717) is 11.5 Å². The number of carbonyl (C=O) groups excluding carboxylic acids is 1. The molecule has 0 aliphatic heterocycles. The molecule has 0 atom stereocenters. The fourth-order valence-electron chi connectivity index (χ4n) is 2.31. The van der Waals surface area contributed by atoms with Gasteiger partial charge in [0, 0.05) is 12.1 Å². The van der Waals surface area contributed by atoms with E-state index in [0.717, 1.165) is 11.1 Å². The maximum absolute atomic E-state index is 13.2. The largest absolute Gasteiger partial charge is 0.395 e. The van der Waals surface area contributed by atoms with Crippen LogP contribution in [0.3, 0.4) is 0 Å². The average Bonchev–Trinajstić information content (AvgIpc) is 3.06. The third-order valence-electron chi connectivity index (χ3n) is 3.59. The highest BCUT2D eigenvalue weighted by molar-refractivity contribution is 5.91. The van der Waals surface area contributed by atoms with Crippen molar-refractivity contribution in [1.82, 2.24) is 20.1 Å². The summed E-state index contributed by atoms with van der Waals surface area (Å²) in [6.07, 6.45) is 0. The first-order valence-electron chi connectivity index (χ1n) is 7.77. The van der Waals surface area contributed by atoms with Crippen molar-refractivity contribution in [3.63, 3.8) is 0 Å². The number of aryl methyl sites for hydroxylation is 1. The molecule has 0 aliphatic carbocycles. The number of carbonyl (C=O) groups is 1. The van der Waals surface area contributed by atoms with Crippen molar-refractivity contribution in [2.45, 2.75) is 6.92 Å². The second-order valence-electron chi connectivity index (χ2n) is 5.49. The molecule has 0 aliphatic rings. The van der Waals surface area contributed by atoms with Crippen LogP contribution >= 0.6 is 0 Å². The molecule has 0 spiro atoms. The van der Waals surface area contributed by atoms with Crippen LogP contribution in [-0.4, -0.2) is 38.9 Å². The SMILES string of the molecule is Cc1ccc(-c2nc(C(=O)NCCO)nn2-c2ccc(F)cc2)cc1. The molecular weight excluding hydrogens is 323 g/mol. The van der Waals surface area contributed by atoms with Gasteiger partial charge in [0.05, 0.1) is 12.3 Å². The van der Waals surface area contributed by atoms with Crippen LogP contribution in [-0.2, 0) is 0 Å². The Morgan fingerprint density at radius 2 is 1.84 bits per heavy atom. The fourth-order valence-corrected chi connectivity index (χ4v) is 2.31. The summed E-state index contributed by atoms with van der Waals surface area (Å²) in [4.78, 5) is 16.4. The first-order chi connectivity index (χ1) is 12.1. The molecular formula is C18H17FN4O2. The molecule has 6 nitrogen and oxygen atoms in total. The molecule has 1 amide bonds. The third-order valence-corrected chi connectivity index (χ3v) is 3.59. The van der Waals surface area contributed by atoms with Crippen LogP contribution in [0, 0.1) is 12.7 Å². The van der Waals surface area contributed by atoms with Crippen LogP contribution in [0.5, 0.6) is 0 Å². The van der Waals surface area contributed by atoms with Gasteiger partial charge in [0.25, 0.3) is 5.91 Å².